The van der Waals surface area contributed by atoms with E-state index in [0.717, 1.165) is 37.7 Å². The van der Waals surface area contributed by atoms with Gasteiger partial charge in [0.15, 0.2) is 6.10 Å². The number of hydrogen-bond acceptors (Lipinski definition) is 3. The number of aromatic nitrogens is 1. The summed E-state index contributed by atoms with van der Waals surface area (Å²) >= 11 is 6.21. The highest BCUT2D eigenvalue weighted by molar-refractivity contribution is 6.33. The number of hydrogen-bond donors (Lipinski definition) is 1. The number of nitrogens with zero attached hydrogens (tertiary/aromatic N) is 1. The number of carbonyl (C=O) groups is 1. The lowest BCUT2D eigenvalue weighted by atomic mass is 10.0. The predicted molar refractivity (Wildman–Crippen MR) is 115 cm³/mol. The summed E-state index contributed by atoms with van der Waals surface area (Å²) in [7, 11) is 0. The molecule has 30 heavy (non-hydrogen) atoms. The van der Waals surface area contributed by atoms with Gasteiger partial charge in [-0.3, -0.25) is 9.59 Å². The Kier molecular flexibility index (Phi) is 5.77. The van der Waals surface area contributed by atoms with Crippen LogP contribution in [-0.2, 0) is 4.79 Å². The van der Waals surface area contributed by atoms with Crippen LogP contribution >= 0.6 is 11.6 Å². The van der Waals surface area contributed by atoms with Gasteiger partial charge in [0.25, 0.3) is 5.91 Å². The van der Waals surface area contributed by atoms with Crippen LogP contribution in [0.3, 0.4) is 0 Å². The average Bonchev–Trinajstić information content (AvgIpc) is 2.73. The van der Waals surface area contributed by atoms with Crippen LogP contribution in [0.1, 0.15) is 26.2 Å². The molecule has 3 aromatic rings. The van der Waals surface area contributed by atoms with Crippen LogP contribution < -0.4 is 10.3 Å². The van der Waals surface area contributed by atoms with E-state index in [1.54, 1.807) is 31.2 Å². The van der Waals surface area contributed by atoms with Gasteiger partial charge in [0.1, 0.15) is 11.6 Å². The molecule has 5 nitrogen and oxygen atoms in total. The second-order valence-electron chi connectivity index (χ2n) is 7.52. The zero-order valence-electron chi connectivity index (χ0n) is 16.6. The highest BCUT2D eigenvalue weighted by Gasteiger charge is 2.23. The summed E-state index contributed by atoms with van der Waals surface area (Å²) < 4.78 is 19.3. The van der Waals surface area contributed by atoms with E-state index in [1.165, 1.54) is 18.2 Å². The highest BCUT2D eigenvalue weighted by atomic mass is 35.5. The Morgan fingerprint density at radius 3 is 2.60 bits per heavy atom. The third-order valence-electron chi connectivity index (χ3n) is 5.36. The minimum absolute atomic E-state index is 0.0323. The molecular formula is C23H22ClFN2O3. The largest absolute Gasteiger partial charge is 0.481 e. The van der Waals surface area contributed by atoms with Crippen molar-refractivity contribution in [2.75, 3.05) is 13.1 Å². The Bertz CT molecular complexity index is 1150. The minimum Gasteiger partial charge on any atom is -0.481 e. The van der Waals surface area contributed by atoms with Gasteiger partial charge in [-0.1, -0.05) is 11.6 Å². The van der Waals surface area contributed by atoms with E-state index in [2.05, 4.69) is 4.98 Å². The minimum atomic E-state index is -0.623. The summed E-state index contributed by atoms with van der Waals surface area (Å²) in [6, 6.07) is 10.8. The fourth-order valence-corrected chi connectivity index (χ4v) is 4.14. The molecule has 1 fully saturated rings. The molecule has 2 heterocycles. The van der Waals surface area contributed by atoms with Gasteiger partial charge >= 0.3 is 0 Å². The molecule has 1 aliphatic rings. The van der Waals surface area contributed by atoms with Crippen molar-refractivity contribution < 1.29 is 13.9 Å². The summed E-state index contributed by atoms with van der Waals surface area (Å²) in [6.07, 6.45) is 2.56. The molecule has 156 valence electrons. The molecule has 1 saturated heterocycles. The number of ether oxygens (including phenoxy) is 1. The summed E-state index contributed by atoms with van der Waals surface area (Å²) in [5.41, 5.74) is 1.40. The molecule has 1 atom stereocenters. The van der Waals surface area contributed by atoms with E-state index in [0.29, 0.717) is 22.4 Å². The number of amides is 1. The van der Waals surface area contributed by atoms with Crippen LogP contribution in [0.5, 0.6) is 5.75 Å². The summed E-state index contributed by atoms with van der Waals surface area (Å²) in [5.74, 6) is 0.00874. The molecule has 1 N–H and O–H groups in total. The number of rotatable bonds is 4. The molecule has 7 heteroatoms. The maximum Gasteiger partial charge on any atom is 0.263 e. The first-order chi connectivity index (χ1) is 14.4. The van der Waals surface area contributed by atoms with E-state index in [9.17, 15) is 14.0 Å². The second-order valence-corrected chi connectivity index (χ2v) is 7.93. The number of carbonyl (C=O) groups excluding carboxylic acids is 1. The van der Waals surface area contributed by atoms with Crippen molar-refractivity contribution in [1.29, 1.82) is 0 Å². The van der Waals surface area contributed by atoms with Crippen LogP contribution in [-0.4, -0.2) is 35.0 Å². The van der Waals surface area contributed by atoms with Crippen LogP contribution in [0.2, 0.25) is 5.02 Å². The number of pyridine rings is 1. The van der Waals surface area contributed by atoms with E-state index in [-0.39, 0.29) is 16.5 Å². The molecule has 0 aliphatic carbocycles. The van der Waals surface area contributed by atoms with Crippen molar-refractivity contribution in [1.82, 2.24) is 9.88 Å². The molecular weight excluding hydrogens is 407 g/mol. The van der Waals surface area contributed by atoms with Crippen molar-refractivity contribution in [2.45, 2.75) is 32.3 Å². The molecule has 0 bridgehead atoms. The highest BCUT2D eigenvalue weighted by Crippen LogP contribution is 2.33. The third-order valence-corrected chi connectivity index (χ3v) is 5.68. The second kappa shape index (κ2) is 8.48. The Morgan fingerprint density at radius 2 is 1.87 bits per heavy atom. The summed E-state index contributed by atoms with van der Waals surface area (Å²) in [5, 5.41) is 0.966. The first-order valence-electron chi connectivity index (χ1n) is 10.0. The lowest BCUT2D eigenvalue weighted by Gasteiger charge is -2.29. The topological polar surface area (TPSA) is 62.4 Å². The van der Waals surface area contributed by atoms with E-state index in [1.807, 2.05) is 4.90 Å². The van der Waals surface area contributed by atoms with Gasteiger partial charge in [0.2, 0.25) is 5.56 Å². The molecule has 0 unspecified atom stereocenters. The van der Waals surface area contributed by atoms with Crippen molar-refractivity contribution in [3.8, 4) is 16.9 Å². The molecule has 4 rings (SSSR count). The van der Waals surface area contributed by atoms with Crippen molar-refractivity contribution >= 4 is 28.4 Å². The first kappa shape index (κ1) is 20.4. The maximum absolute atomic E-state index is 13.4. The third kappa shape index (κ3) is 4.19. The van der Waals surface area contributed by atoms with Gasteiger partial charge in [0, 0.05) is 36.2 Å². The van der Waals surface area contributed by atoms with Crippen LogP contribution in [0.25, 0.3) is 22.0 Å². The molecule has 2 aromatic carbocycles. The van der Waals surface area contributed by atoms with Gasteiger partial charge in [-0.05, 0) is 62.1 Å². The zero-order chi connectivity index (χ0) is 21.3. The molecule has 1 aromatic heterocycles. The predicted octanol–water partition coefficient (Wildman–Crippen LogP) is 4.77. The SMILES string of the molecule is C[C@@H](Oc1ccc2c(-c3ccc(F)cc3Cl)cc(=O)[nH]c2c1)C(=O)N1CCCCC1. The number of aromatic amines is 1. The van der Waals surface area contributed by atoms with Crippen LogP contribution in [0, 0.1) is 5.82 Å². The van der Waals surface area contributed by atoms with Gasteiger partial charge in [-0.25, -0.2) is 4.39 Å². The van der Waals surface area contributed by atoms with Gasteiger partial charge in [0.05, 0.1) is 10.5 Å². The van der Waals surface area contributed by atoms with Gasteiger partial charge < -0.3 is 14.6 Å². The van der Waals surface area contributed by atoms with Crippen molar-refractivity contribution in [2.24, 2.45) is 0 Å². The number of H-pyrrole nitrogens is 1. The normalized spacial score (nSPS) is 15.2. The van der Waals surface area contributed by atoms with Crippen LogP contribution in [0.15, 0.2) is 47.3 Å². The molecule has 1 aliphatic heterocycles. The zero-order valence-corrected chi connectivity index (χ0v) is 17.3. The average molecular weight is 429 g/mol. The lowest BCUT2D eigenvalue weighted by molar-refractivity contribution is -0.138. The Labute approximate surface area is 178 Å². The Balaban J connectivity index is 1.64. The van der Waals surface area contributed by atoms with E-state index in [4.69, 9.17) is 16.3 Å². The number of nitrogens with one attached hydrogen (secondary N) is 1. The fourth-order valence-electron chi connectivity index (χ4n) is 3.87. The number of fused-ring (bicyclic) bond motifs is 1. The molecule has 1 amide bonds. The van der Waals surface area contributed by atoms with Gasteiger partial charge in [-0.15, -0.1) is 0 Å². The number of piperidine rings is 1. The molecule has 0 radical (unpaired) electrons. The standard InChI is InChI=1S/C23H22ClFN2O3/c1-14(23(29)27-9-3-2-4-10-27)30-16-6-8-18-19(13-22(28)26-21(18)12-16)17-7-5-15(25)11-20(17)24/h5-8,11-14H,2-4,9-10H2,1H3,(H,26,28)/t14-/m1/s1. The fraction of sp³-hybridized carbons (Fsp3) is 0.304. The lowest BCUT2D eigenvalue weighted by Crippen LogP contribution is -2.43. The maximum atomic E-state index is 13.4. The smallest absolute Gasteiger partial charge is 0.263 e. The van der Waals surface area contributed by atoms with Crippen LogP contribution in [0.4, 0.5) is 4.39 Å². The summed E-state index contributed by atoms with van der Waals surface area (Å²) in [6.45, 7) is 3.26. The Morgan fingerprint density at radius 1 is 1.10 bits per heavy atom. The monoisotopic (exact) mass is 428 g/mol. The summed E-state index contributed by atoms with van der Waals surface area (Å²) in [4.78, 5) is 29.5. The van der Waals surface area contributed by atoms with Crippen molar-refractivity contribution in [3.63, 3.8) is 0 Å². The molecule has 0 saturated carbocycles. The van der Waals surface area contributed by atoms with E-state index < -0.39 is 11.9 Å². The molecule has 0 spiro atoms. The van der Waals surface area contributed by atoms with E-state index >= 15 is 0 Å². The number of likely N-dealkylation sites (tertiary alicyclic amines) is 1. The quantitative estimate of drug-likeness (QED) is 0.651. The number of halogens is 2. The van der Waals surface area contributed by atoms with Gasteiger partial charge in [-0.2, -0.15) is 0 Å². The van der Waals surface area contributed by atoms with Crippen molar-refractivity contribution in [3.05, 3.63) is 63.7 Å². The first-order valence-corrected chi connectivity index (χ1v) is 10.4. The number of benzene rings is 2. The Hall–Kier alpha value is -2.86.